The summed E-state index contributed by atoms with van der Waals surface area (Å²) in [4.78, 5) is 10.9. The van der Waals surface area contributed by atoms with Gasteiger partial charge in [0.05, 0.1) is 0 Å². The molecular weight excluding hydrogens is 252 g/mol. The summed E-state index contributed by atoms with van der Waals surface area (Å²) in [5, 5.41) is 18.0. The molecule has 8 heteroatoms. The van der Waals surface area contributed by atoms with Crippen molar-refractivity contribution < 1.29 is 18.7 Å². The average Bonchev–Trinajstić information content (AvgIpc) is 2.72. The number of aliphatic carboxylic acids is 1. The summed E-state index contributed by atoms with van der Waals surface area (Å²) in [5.74, 6) is -1.02. The molecule has 5 nitrogen and oxygen atoms in total. The molecule has 0 aromatic carbocycles. The van der Waals surface area contributed by atoms with E-state index in [2.05, 4.69) is 15.5 Å². The lowest BCUT2D eigenvalue weighted by atomic mass is 10.1. The zero-order chi connectivity index (χ0) is 12.8. The van der Waals surface area contributed by atoms with Crippen molar-refractivity contribution in [1.82, 2.24) is 10.2 Å². The second kappa shape index (κ2) is 6.43. The van der Waals surface area contributed by atoms with Gasteiger partial charge in [0.15, 0.2) is 5.01 Å². The fraction of sp³-hybridized carbons (Fsp3) is 0.667. The van der Waals surface area contributed by atoms with Gasteiger partial charge in [-0.15, -0.1) is 10.2 Å². The van der Waals surface area contributed by atoms with Gasteiger partial charge in [0.25, 0.3) is 6.43 Å². The van der Waals surface area contributed by atoms with Crippen LogP contribution in [0.2, 0.25) is 0 Å². The molecule has 1 rings (SSSR count). The van der Waals surface area contributed by atoms with Crippen molar-refractivity contribution in [2.75, 3.05) is 5.32 Å². The predicted octanol–water partition coefficient (Wildman–Crippen LogP) is 2.53. The third-order valence-corrected chi connectivity index (χ3v) is 2.93. The zero-order valence-corrected chi connectivity index (χ0v) is 10.0. The highest BCUT2D eigenvalue weighted by Gasteiger charge is 2.20. The quantitative estimate of drug-likeness (QED) is 0.792. The van der Waals surface area contributed by atoms with Crippen molar-refractivity contribution >= 4 is 22.4 Å². The van der Waals surface area contributed by atoms with Crippen molar-refractivity contribution in [1.29, 1.82) is 0 Å². The molecule has 0 bridgehead atoms. The van der Waals surface area contributed by atoms with Crippen LogP contribution in [0.25, 0.3) is 0 Å². The second-order valence-corrected chi connectivity index (χ2v) is 4.43. The Morgan fingerprint density at radius 2 is 2.24 bits per heavy atom. The van der Waals surface area contributed by atoms with Gasteiger partial charge in [0, 0.05) is 0 Å². The van der Waals surface area contributed by atoms with E-state index in [0.29, 0.717) is 17.8 Å². The molecule has 0 fully saturated rings. The van der Waals surface area contributed by atoms with Gasteiger partial charge in [-0.25, -0.2) is 13.6 Å². The molecule has 0 amide bonds. The molecule has 0 aliphatic rings. The van der Waals surface area contributed by atoms with Crippen LogP contribution in [0.5, 0.6) is 0 Å². The number of rotatable bonds is 7. The van der Waals surface area contributed by atoms with Crippen LogP contribution in [-0.2, 0) is 4.79 Å². The first-order chi connectivity index (χ1) is 8.04. The fourth-order valence-corrected chi connectivity index (χ4v) is 1.85. The first-order valence-electron chi connectivity index (χ1n) is 5.15. The molecule has 96 valence electrons. The lowest BCUT2D eigenvalue weighted by Crippen LogP contribution is -2.29. The lowest BCUT2D eigenvalue weighted by molar-refractivity contribution is -0.138. The number of aromatic nitrogens is 2. The number of carboxylic acid groups (broad SMARTS) is 1. The second-order valence-electron chi connectivity index (χ2n) is 3.42. The summed E-state index contributed by atoms with van der Waals surface area (Å²) < 4.78 is 24.5. The Bertz CT molecular complexity index is 373. The van der Waals surface area contributed by atoms with Crippen molar-refractivity contribution in [2.24, 2.45) is 0 Å². The largest absolute Gasteiger partial charge is 0.480 e. The molecule has 1 unspecified atom stereocenters. The monoisotopic (exact) mass is 265 g/mol. The van der Waals surface area contributed by atoms with Gasteiger partial charge < -0.3 is 10.4 Å². The third-order valence-electron chi connectivity index (χ3n) is 2.07. The van der Waals surface area contributed by atoms with Gasteiger partial charge in [-0.3, -0.25) is 0 Å². The minimum atomic E-state index is -2.68. The number of nitrogens with zero attached hydrogens (tertiary/aromatic N) is 2. The molecule has 0 aliphatic heterocycles. The number of alkyl halides is 2. The molecule has 2 N–H and O–H groups in total. The molecule has 0 saturated carbocycles. The van der Waals surface area contributed by atoms with Crippen LogP contribution in [0, 0.1) is 0 Å². The highest BCUT2D eigenvalue weighted by atomic mass is 32.1. The number of hydrogen-bond donors (Lipinski definition) is 2. The molecule has 0 aliphatic carbocycles. The van der Waals surface area contributed by atoms with Crippen LogP contribution in [0.4, 0.5) is 13.9 Å². The Morgan fingerprint density at radius 3 is 2.71 bits per heavy atom. The number of carbonyl (C=O) groups is 1. The Balaban J connectivity index is 2.62. The van der Waals surface area contributed by atoms with Crippen LogP contribution in [0.15, 0.2) is 0 Å². The predicted molar refractivity (Wildman–Crippen MR) is 59.4 cm³/mol. The highest BCUT2D eigenvalue weighted by molar-refractivity contribution is 7.15. The van der Waals surface area contributed by atoms with Crippen molar-refractivity contribution in [3.05, 3.63) is 5.01 Å². The molecule has 1 aromatic rings. The number of anilines is 1. The number of unbranched alkanes of at least 4 members (excludes halogenated alkanes) is 1. The van der Waals surface area contributed by atoms with Crippen molar-refractivity contribution in [3.8, 4) is 0 Å². The maximum absolute atomic E-state index is 12.2. The summed E-state index contributed by atoms with van der Waals surface area (Å²) >= 11 is 0.674. The first kappa shape index (κ1) is 13.8. The summed E-state index contributed by atoms with van der Waals surface area (Å²) in [6.07, 6.45) is -0.647. The van der Waals surface area contributed by atoms with E-state index < -0.39 is 23.4 Å². The van der Waals surface area contributed by atoms with Crippen LogP contribution >= 0.6 is 11.3 Å². The first-order valence-corrected chi connectivity index (χ1v) is 5.97. The van der Waals surface area contributed by atoms with E-state index in [0.717, 1.165) is 12.8 Å². The van der Waals surface area contributed by atoms with E-state index in [1.54, 1.807) is 0 Å². The van der Waals surface area contributed by atoms with Crippen molar-refractivity contribution in [3.63, 3.8) is 0 Å². The van der Waals surface area contributed by atoms with E-state index in [1.165, 1.54) is 0 Å². The standard InChI is InChI=1S/C9H13F2N3O2S/c1-2-3-4-5(8(15)16)12-9-14-13-7(17-9)6(10)11/h5-6H,2-4H2,1H3,(H,12,14)(H,15,16). The molecule has 0 spiro atoms. The Hall–Kier alpha value is -1.31. The minimum absolute atomic E-state index is 0.115. The van der Waals surface area contributed by atoms with Crippen LogP contribution in [0.1, 0.15) is 37.6 Å². The van der Waals surface area contributed by atoms with Crippen LogP contribution in [0.3, 0.4) is 0 Å². The number of carboxylic acids is 1. The molecule has 17 heavy (non-hydrogen) atoms. The van der Waals surface area contributed by atoms with Gasteiger partial charge in [-0.1, -0.05) is 31.1 Å². The average molecular weight is 265 g/mol. The molecule has 0 radical (unpaired) electrons. The maximum Gasteiger partial charge on any atom is 0.326 e. The van der Waals surface area contributed by atoms with Crippen LogP contribution in [-0.4, -0.2) is 27.3 Å². The van der Waals surface area contributed by atoms with Gasteiger partial charge in [-0.2, -0.15) is 0 Å². The van der Waals surface area contributed by atoms with E-state index in [4.69, 9.17) is 5.11 Å². The number of halogens is 2. The number of nitrogens with one attached hydrogen (secondary N) is 1. The van der Waals surface area contributed by atoms with E-state index in [9.17, 15) is 13.6 Å². The van der Waals surface area contributed by atoms with Gasteiger partial charge in [-0.05, 0) is 6.42 Å². The van der Waals surface area contributed by atoms with Gasteiger partial charge in [0.1, 0.15) is 6.04 Å². The smallest absolute Gasteiger partial charge is 0.326 e. The molecule has 1 heterocycles. The Labute approximate surface area is 101 Å². The SMILES string of the molecule is CCCCC(Nc1nnc(C(F)F)s1)C(=O)O. The molecular formula is C9H13F2N3O2S. The van der Waals surface area contributed by atoms with Crippen LogP contribution < -0.4 is 5.32 Å². The topological polar surface area (TPSA) is 75.1 Å². The summed E-state index contributed by atoms with van der Waals surface area (Å²) in [7, 11) is 0. The molecule has 0 saturated heterocycles. The summed E-state index contributed by atoms with van der Waals surface area (Å²) in [6, 6.07) is -0.812. The Kier molecular flexibility index (Phi) is 5.20. The van der Waals surface area contributed by atoms with Gasteiger partial charge in [0.2, 0.25) is 5.13 Å². The van der Waals surface area contributed by atoms with E-state index >= 15 is 0 Å². The maximum atomic E-state index is 12.2. The van der Waals surface area contributed by atoms with Crippen molar-refractivity contribution in [2.45, 2.75) is 38.7 Å². The zero-order valence-electron chi connectivity index (χ0n) is 9.19. The minimum Gasteiger partial charge on any atom is -0.480 e. The summed E-state index contributed by atoms with van der Waals surface area (Å²) in [5.41, 5.74) is 0. The normalized spacial score (nSPS) is 12.7. The molecule has 1 aromatic heterocycles. The third kappa shape index (κ3) is 4.22. The lowest BCUT2D eigenvalue weighted by Gasteiger charge is -2.11. The number of hydrogen-bond acceptors (Lipinski definition) is 5. The summed E-state index contributed by atoms with van der Waals surface area (Å²) in [6.45, 7) is 1.94. The van der Waals surface area contributed by atoms with E-state index in [1.807, 2.05) is 6.92 Å². The molecule has 1 atom stereocenters. The fourth-order valence-electron chi connectivity index (χ4n) is 1.20. The Morgan fingerprint density at radius 1 is 1.53 bits per heavy atom. The highest BCUT2D eigenvalue weighted by Crippen LogP contribution is 2.25. The van der Waals surface area contributed by atoms with E-state index in [-0.39, 0.29) is 5.13 Å². The van der Waals surface area contributed by atoms with Gasteiger partial charge >= 0.3 is 5.97 Å².